The monoisotopic (exact) mass is 294 g/mol. The highest BCUT2D eigenvalue weighted by Gasteiger charge is 2.29. The number of hydrogen-bond donors (Lipinski definition) is 3. The van der Waals surface area contributed by atoms with Gasteiger partial charge in [0.25, 0.3) is 0 Å². The standard InChI is InChI=1S/C14H19FN4O2/c1-16-14(21)12-8-17-5-6-19(12)9-13(20)18-11-4-2-3-10(15)7-11/h2-4,7,12,17H,5-6,8-9H2,1H3,(H,16,21)(H,18,20). The fourth-order valence-corrected chi connectivity index (χ4v) is 2.31. The van der Waals surface area contributed by atoms with Gasteiger partial charge in [0.1, 0.15) is 11.9 Å². The zero-order chi connectivity index (χ0) is 15.2. The third-order valence-electron chi connectivity index (χ3n) is 3.36. The molecule has 2 amide bonds. The molecular weight excluding hydrogens is 275 g/mol. The highest BCUT2D eigenvalue weighted by atomic mass is 19.1. The van der Waals surface area contributed by atoms with Crippen molar-refractivity contribution in [1.29, 1.82) is 0 Å². The lowest BCUT2D eigenvalue weighted by Crippen LogP contribution is -2.58. The van der Waals surface area contributed by atoms with Crippen molar-refractivity contribution >= 4 is 17.5 Å². The van der Waals surface area contributed by atoms with Crippen LogP contribution in [0.5, 0.6) is 0 Å². The van der Waals surface area contributed by atoms with Crippen LogP contribution in [0, 0.1) is 5.82 Å². The number of benzene rings is 1. The van der Waals surface area contributed by atoms with Crippen LogP contribution in [0.2, 0.25) is 0 Å². The van der Waals surface area contributed by atoms with Crippen LogP contribution >= 0.6 is 0 Å². The van der Waals surface area contributed by atoms with Crippen LogP contribution in [-0.4, -0.2) is 56.0 Å². The first-order chi connectivity index (χ1) is 10.1. The number of nitrogens with one attached hydrogen (secondary N) is 3. The Morgan fingerprint density at radius 3 is 3.00 bits per heavy atom. The van der Waals surface area contributed by atoms with Gasteiger partial charge in [-0.15, -0.1) is 0 Å². The lowest BCUT2D eigenvalue weighted by molar-refractivity contribution is -0.128. The van der Waals surface area contributed by atoms with Crippen LogP contribution in [0.25, 0.3) is 0 Å². The molecule has 7 heteroatoms. The van der Waals surface area contributed by atoms with Gasteiger partial charge < -0.3 is 16.0 Å². The van der Waals surface area contributed by atoms with Crippen molar-refractivity contribution in [3.05, 3.63) is 30.1 Å². The van der Waals surface area contributed by atoms with E-state index in [9.17, 15) is 14.0 Å². The molecule has 1 fully saturated rings. The van der Waals surface area contributed by atoms with E-state index in [1.54, 1.807) is 13.1 Å². The van der Waals surface area contributed by atoms with Crippen molar-refractivity contribution in [1.82, 2.24) is 15.5 Å². The lowest BCUT2D eigenvalue weighted by Gasteiger charge is -2.34. The summed E-state index contributed by atoms with van der Waals surface area (Å²) < 4.78 is 13.1. The van der Waals surface area contributed by atoms with E-state index in [1.807, 2.05) is 4.90 Å². The Bertz CT molecular complexity index is 523. The first-order valence-corrected chi connectivity index (χ1v) is 6.82. The topological polar surface area (TPSA) is 73.5 Å². The molecule has 1 aromatic rings. The Hall–Kier alpha value is -1.99. The third kappa shape index (κ3) is 4.24. The van der Waals surface area contributed by atoms with Gasteiger partial charge in [0, 0.05) is 32.4 Å². The van der Waals surface area contributed by atoms with E-state index < -0.39 is 5.82 Å². The van der Waals surface area contributed by atoms with E-state index in [2.05, 4.69) is 16.0 Å². The Balaban J connectivity index is 1.95. The molecule has 1 aromatic carbocycles. The highest BCUT2D eigenvalue weighted by molar-refractivity contribution is 5.93. The molecule has 21 heavy (non-hydrogen) atoms. The molecule has 114 valence electrons. The van der Waals surface area contributed by atoms with Crippen molar-refractivity contribution in [2.24, 2.45) is 0 Å². The summed E-state index contributed by atoms with van der Waals surface area (Å²) in [6.45, 7) is 1.93. The SMILES string of the molecule is CNC(=O)C1CNCCN1CC(=O)Nc1cccc(F)c1. The fraction of sp³-hybridized carbons (Fsp3) is 0.429. The predicted molar refractivity (Wildman–Crippen MR) is 77.3 cm³/mol. The maximum atomic E-state index is 13.1. The molecule has 0 radical (unpaired) electrons. The summed E-state index contributed by atoms with van der Waals surface area (Å²) in [4.78, 5) is 25.6. The molecule has 0 aromatic heterocycles. The average molecular weight is 294 g/mol. The minimum absolute atomic E-state index is 0.0935. The Labute approximate surface area is 122 Å². The van der Waals surface area contributed by atoms with E-state index in [0.29, 0.717) is 18.8 Å². The molecule has 0 spiro atoms. The van der Waals surface area contributed by atoms with Gasteiger partial charge in [-0.2, -0.15) is 0 Å². The largest absolute Gasteiger partial charge is 0.358 e. The van der Waals surface area contributed by atoms with E-state index in [0.717, 1.165) is 6.54 Å². The van der Waals surface area contributed by atoms with Crippen LogP contribution < -0.4 is 16.0 Å². The fourth-order valence-electron chi connectivity index (χ4n) is 2.31. The number of carbonyl (C=O) groups excluding carboxylic acids is 2. The molecule has 1 atom stereocenters. The Kier molecular flexibility index (Phi) is 5.24. The number of piperazine rings is 1. The summed E-state index contributed by atoms with van der Waals surface area (Å²) in [6.07, 6.45) is 0. The first-order valence-electron chi connectivity index (χ1n) is 6.82. The van der Waals surface area contributed by atoms with Crippen molar-refractivity contribution in [2.75, 3.05) is 38.5 Å². The van der Waals surface area contributed by atoms with Gasteiger partial charge in [0.15, 0.2) is 0 Å². The molecule has 1 aliphatic rings. The van der Waals surface area contributed by atoms with Crippen molar-refractivity contribution in [2.45, 2.75) is 6.04 Å². The highest BCUT2D eigenvalue weighted by Crippen LogP contribution is 2.10. The van der Waals surface area contributed by atoms with E-state index in [-0.39, 0.29) is 24.4 Å². The molecule has 0 saturated carbocycles. The van der Waals surface area contributed by atoms with E-state index in [4.69, 9.17) is 0 Å². The van der Waals surface area contributed by atoms with Crippen LogP contribution in [0.1, 0.15) is 0 Å². The molecule has 1 saturated heterocycles. The Morgan fingerprint density at radius 1 is 1.48 bits per heavy atom. The molecule has 3 N–H and O–H groups in total. The van der Waals surface area contributed by atoms with Gasteiger partial charge >= 0.3 is 0 Å². The van der Waals surface area contributed by atoms with Gasteiger partial charge in [-0.1, -0.05) is 6.07 Å². The maximum absolute atomic E-state index is 13.1. The number of nitrogens with zero attached hydrogens (tertiary/aromatic N) is 1. The summed E-state index contributed by atoms with van der Waals surface area (Å²) in [5.41, 5.74) is 0.409. The van der Waals surface area contributed by atoms with Crippen LogP contribution in [0.4, 0.5) is 10.1 Å². The molecule has 1 aliphatic heterocycles. The number of anilines is 1. The second kappa shape index (κ2) is 7.14. The summed E-state index contributed by atoms with van der Waals surface area (Å²) in [7, 11) is 1.57. The molecule has 2 rings (SSSR count). The van der Waals surface area contributed by atoms with Gasteiger partial charge in [-0.05, 0) is 18.2 Å². The zero-order valence-electron chi connectivity index (χ0n) is 11.9. The average Bonchev–Trinajstić information content (AvgIpc) is 2.47. The second-order valence-electron chi connectivity index (χ2n) is 4.86. The van der Waals surface area contributed by atoms with E-state index in [1.165, 1.54) is 18.2 Å². The normalized spacial score (nSPS) is 19.0. The zero-order valence-corrected chi connectivity index (χ0v) is 11.9. The molecule has 1 heterocycles. The minimum Gasteiger partial charge on any atom is -0.358 e. The van der Waals surface area contributed by atoms with Crippen LogP contribution in [-0.2, 0) is 9.59 Å². The maximum Gasteiger partial charge on any atom is 0.238 e. The summed E-state index contributed by atoms with van der Waals surface area (Å²) in [5.74, 6) is -0.796. The molecule has 6 nitrogen and oxygen atoms in total. The number of likely N-dealkylation sites (N-methyl/N-ethyl adjacent to an activating group) is 1. The number of amides is 2. The number of halogens is 1. The summed E-state index contributed by atoms with van der Waals surface area (Å²) >= 11 is 0. The van der Waals surface area contributed by atoms with Gasteiger partial charge in [-0.25, -0.2) is 4.39 Å². The van der Waals surface area contributed by atoms with Gasteiger partial charge in [-0.3, -0.25) is 14.5 Å². The van der Waals surface area contributed by atoms with Gasteiger partial charge in [0.2, 0.25) is 11.8 Å². The molecule has 0 aliphatic carbocycles. The second-order valence-corrected chi connectivity index (χ2v) is 4.86. The van der Waals surface area contributed by atoms with Gasteiger partial charge in [0.05, 0.1) is 6.54 Å². The molecular formula is C14H19FN4O2. The van der Waals surface area contributed by atoms with Crippen LogP contribution in [0.15, 0.2) is 24.3 Å². The van der Waals surface area contributed by atoms with Crippen molar-refractivity contribution < 1.29 is 14.0 Å². The van der Waals surface area contributed by atoms with Crippen molar-refractivity contribution in [3.63, 3.8) is 0 Å². The minimum atomic E-state index is -0.404. The summed E-state index contributed by atoms with van der Waals surface area (Å²) in [6, 6.07) is 5.35. The van der Waals surface area contributed by atoms with Crippen LogP contribution in [0.3, 0.4) is 0 Å². The Morgan fingerprint density at radius 2 is 2.29 bits per heavy atom. The predicted octanol–water partition coefficient (Wildman–Crippen LogP) is -0.216. The summed E-state index contributed by atoms with van der Waals surface area (Å²) in [5, 5.41) is 8.35. The smallest absolute Gasteiger partial charge is 0.238 e. The quantitative estimate of drug-likeness (QED) is 0.718. The third-order valence-corrected chi connectivity index (χ3v) is 3.36. The lowest BCUT2D eigenvalue weighted by atomic mass is 10.1. The van der Waals surface area contributed by atoms with E-state index >= 15 is 0 Å². The number of carbonyl (C=O) groups is 2. The number of rotatable bonds is 4. The molecule has 1 unspecified atom stereocenters. The number of hydrogen-bond acceptors (Lipinski definition) is 4. The first kappa shape index (κ1) is 15.4. The van der Waals surface area contributed by atoms with Crippen molar-refractivity contribution in [3.8, 4) is 0 Å². The molecule has 0 bridgehead atoms.